The predicted molar refractivity (Wildman–Crippen MR) is 70.2 cm³/mol. The Kier molecular flexibility index (Phi) is 3.07. The molecular formula is C13H16N2O2S. The van der Waals surface area contributed by atoms with Gasteiger partial charge in [-0.1, -0.05) is 6.07 Å². The number of nitrogens with zero attached hydrogens (tertiary/aromatic N) is 2. The zero-order valence-electron chi connectivity index (χ0n) is 10.7. The third-order valence-corrected chi connectivity index (χ3v) is 5.96. The Balaban J connectivity index is 2.67. The van der Waals surface area contributed by atoms with Crippen LogP contribution in [0, 0.1) is 18.3 Å². The quantitative estimate of drug-likeness (QED) is 0.777. The van der Waals surface area contributed by atoms with Crippen LogP contribution < -0.4 is 4.90 Å². The summed E-state index contributed by atoms with van der Waals surface area (Å²) in [5.41, 5.74) is 1.76. The summed E-state index contributed by atoms with van der Waals surface area (Å²) >= 11 is 0. The molecule has 0 saturated heterocycles. The summed E-state index contributed by atoms with van der Waals surface area (Å²) in [4.78, 5) is 2.29. The highest BCUT2D eigenvalue weighted by molar-refractivity contribution is 7.92. The molecule has 0 radical (unpaired) electrons. The maximum absolute atomic E-state index is 12.5. The van der Waals surface area contributed by atoms with Gasteiger partial charge in [-0.2, -0.15) is 5.26 Å². The van der Waals surface area contributed by atoms with E-state index in [0.717, 1.165) is 11.3 Å². The number of fused-ring (bicyclic) bond motifs is 1. The molecule has 5 heteroatoms. The van der Waals surface area contributed by atoms with E-state index < -0.39 is 15.1 Å². The van der Waals surface area contributed by atoms with Gasteiger partial charge in [0.05, 0.1) is 28.3 Å². The van der Waals surface area contributed by atoms with Gasteiger partial charge in [0.25, 0.3) is 0 Å². The van der Waals surface area contributed by atoms with Crippen LogP contribution in [0.3, 0.4) is 0 Å². The Labute approximate surface area is 108 Å². The smallest absolute Gasteiger partial charge is 0.186 e. The standard InChI is InChI=1S/C13H16N2O2S/c1-9-4-5-13-11(8-9)15(3)10(2)12(6-7-14)18(13,16)17/h4-5,8,10,12H,6H2,1-3H3. The average Bonchev–Trinajstić information content (AvgIpc) is 2.32. The first-order valence-electron chi connectivity index (χ1n) is 5.84. The highest BCUT2D eigenvalue weighted by Gasteiger charge is 2.41. The lowest BCUT2D eigenvalue weighted by atomic mass is 10.1. The first-order chi connectivity index (χ1) is 8.39. The zero-order chi connectivity index (χ0) is 13.5. The number of hydrogen-bond acceptors (Lipinski definition) is 4. The van der Waals surface area contributed by atoms with Crippen molar-refractivity contribution in [2.24, 2.45) is 0 Å². The van der Waals surface area contributed by atoms with Crippen molar-refractivity contribution in [2.75, 3.05) is 11.9 Å². The number of benzene rings is 1. The third kappa shape index (κ3) is 1.77. The number of hydrogen-bond donors (Lipinski definition) is 0. The van der Waals surface area contributed by atoms with Crippen molar-refractivity contribution in [1.29, 1.82) is 5.26 Å². The van der Waals surface area contributed by atoms with Crippen LogP contribution >= 0.6 is 0 Å². The maximum atomic E-state index is 12.5. The van der Waals surface area contributed by atoms with Gasteiger partial charge in [0.1, 0.15) is 0 Å². The van der Waals surface area contributed by atoms with Gasteiger partial charge in [-0.05, 0) is 31.5 Å². The van der Waals surface area contributed by atoms with Crippen LogP contribution in [-0.2, 0) is 9.84 Å². The molecule has 18 heavy (non-hydrogen) atoms. The van der Waals surface area contributed by atoms with Gasteiger partial charge in [-0.25, -0.2) is 8.42 Å². The SMILES string of the molecule is Cc1ccc2c(c1)N(C)C(C)C(CC#N)S2(=O)=O. The van der Waals surface area contributed by atoms with Gasteiger partial charge in [-0.15, -0.1) is 0 Å². The number of rotatable bonds is 1. The van der Waals surface area contributed by atoms with E-state index in [1.165, 1.54) is 0 Å². The fraction of sp³-hybridized carbons (Fsp3) is 0.462. The zero-order valence-corrected chi connectivity index (χ0v) is 11.5. The molecule has 0 bridgehead atoms. The first kappa shape index (κ1) is 12.9. The van der Waals surface area contributed by atoms with Crippen LogP contribution in [0.25, 0.3) is 0 Å². The molecule has 0 aromatic heterocycles. The Morgan fingerprint density at radius 3 is 2.72 bits per heavy atom. The van der Waals surface area contributed by atoms with Crippen LogP contribution in [0.15, 0.2) is 23.1 Å². The van der Waals surface area contributed by atoms with E-state index >= 15 is 0 Å². The second-order valence-electron chi connectivity index (χ2n) is 4.77. The molecular weight excluding hydrogens is 248 g/mol. The van der Waals surface area contributed by atoms with E-state index in [0.29, 0.717) is 4.90 Å². The molecule has 96 valence electrons. The molecule has 4 nitrogen and oxygen atoms in total. The Bertz CT molecular complexity index is 616. The number of sulfone groups is 1. The molecule has 1 heterocycles. The third-order valence-electron chi connectivity index (χ3n) is 3.64. The summed E-state index contributed by atoms with van der Waals surface area (Å²) in [6.45, 7) is 3.79. The number of nitriles is 1. The Morgan fingerprint density at radius 1 is 1.44 bits per heavy atom. The van der Waals surface area contributed by atoms with Gasteiger partial charge < -0.3 is 4.90 Å². The van der Waals surface area contributed by atoms with Crippen LogP contribution in [0.1, 0.15) is 18.9 Å². The van der Waals surface area contributed by atoms with Crippen LogP contribution in [-0.4, -0.2) is 26.8 Å². The fourth-order valence-electron chi connectivity index (χ4n) is 2.41. The Morgan fingerprint density at radius 2 is 2.11 bits per heavy atom. The molecule has 1 aromatic rings. The monoisotopic (exact) mass is 264 g/mol. The van der Waals surface area contributed by atoms with E-state index in [2.05, 4.69) is 0 Å². The molecule has 2 atom stereocenters. The molecule has 0 N–H and O–H groups in total. The van der Waals surface area contributed by atoms with Gasteiger partial charge in [0, 0.05) is 13.1 Å². The summed E-state index contributed by atoms with van der Waals surface area (Å²) in [7, 11) is -1.53. The summed E-state index contributed by atoms with van der Waals surface area (Å²) in [6.07, 6.45) is 0.0289. The second-order valence-corrected chi connectivity index (χ2v) is 6.90. The van der Waals surface area contributed by atoms with E-state index in [4.69, 9.17) is 5.26 Å². The number of anilines is 1. The first-order valence-corrected chi connectivity index (χ1v) is 7.38. The van der Waals surface area contributed by atoms with Crippen molar-refractivity contribution in [3.63, 3.8) is 0 Å². The van der Waals surface area contributed by atoms with Gasteiger partial charge in [-0.3, -0.25) is 0 Å². The molecule has 2 rings (SSSR count). The molecule has 1 aromatic carbocycles. The summed E-state index contributed by atoms with van der Waals surface area (Å²) in [5.74, 6) is 0. The minimum absolute atomic E-state index is 0.0289. The number of aryl methyl sites for hydroxylation is 1. The van der Waals surface area contributed by atoms with Gasteiger partial charge in [0.15, 0.2) is 9.84 Å². The van der Waals surface area contributed by atoms with Crippen molar-refractivity contribution < 1.29 is 8.42 Å². The van der Waals surface area contributed by atoms with Crippen molar-refractivity contribution in [2.45, 2.75) is 36.5 Å². The molecule has 1 aliphatic heterocycles. The maximum Gasteiger partial charge on any atom is 0.186 e. The lowest BCUT2D eigenvalue weighted by Crippen LogP contribution is -2.47. The van der Waals surface area contributed by atoms with Crippen LogP contribution in [0.4, 0.5) is 5.69 Å². The van der Waals surface area contributed by atoms with Crippen molar-refractivity contribution in [3.05, 3.63) is 23.8 Å². The highest BCUT2D eigenvalue weighted by atomic mass is 32.2. The van der Waals surface area contributed by atoms with Gasteiger partial charge in [0.2, 0.25) is 0 Å². The molecule has 0 saturated carbocycles. The van der Waals surface area contributed by atoms with E-state index in [9.17, 15) is 8.42 Å². The minimum Gasteiger partial charge on any atom is -0.369 e. The van der Waals surface area contributed by atoms with Gasteiger partial charge >= 0.3 is 0 Å². The molecule has 2 unspecified atom stereocenters. The summed E-state index contributed by atoms with van der Waals surface area (Å²) in [6, 6.07) is 7.11. The molecule has 0 fully saturated rings. The lowest BCUT2D eigenvalue weighted by Gasteiger charge is -2.38. The second kappa shape index (κ2) is 4.29. The molecule has 0 amide bonds. The largest absolute Gasteiger partial charge is 0.369 e. The van der Waals surface area contributed by atoms with E-state index in [1.54, 1.807) is 12.1 Å². The van der Waals surface area contributed by atoms with E-state index in [-0.39, 0.29) is 12.5 Å². The van der Waals surface area contributed by atoms with Crippen LogP contribution in [0.5, 0.6) is 0 Å². The van der Waals surface area contributed by atoms with Crippen molar-refractivity contribution >= 4 is 15.5 Å². The topological polar surface area (TPSA) is 61.2 Å². The normalized spacial score (nSPS) is 25.3. The molecule has 0 spiro atoms. The van der Waals surface area contributed by atoms with Crippen molar-refractivity contribution in [1.82, 2.24) is 0 Å². The Hall–Kier alpha value is -1.54. The highest BCUT2D eigenvalue weighted by Crippen LogP contribution is 2.37. The predicted octanol–water partition coefficient (Wildman–Crippen LogP) is 1.89. The van der Waals surface area contributed by atoms with Crippen LogP contribution in [0.2, 0.25) is 0 Å². The fourth-order valence-corrected chi connectivity index (χ4v) is 4.48. The molecule has 1 aliphatic rings. The average molecular weight is 264 g/mol. The summed E-state index contributed by atoms with van der Waals surface area (Å²) < 4.78 is 25.0. The lowest BCUT2D eigenvalue weighted by molar-refractivity contribution is 0.539. The minimum atomic E-state index is -3.41. The molecule has 0 aliphatic carbocycles. The van der Waals surface area contributed by atoms with E-state index in [1.807, 2.05) is 37.9 Å². The summed E-state index contributed by atoms with van der Waals surface area (Å²) in [5, 5.41) is 8.16. The van der Waals surface area contributed by atoms with Crippen molar-refractivity contribution in [3.8, 4) is 6.07 Å².